The fourth-order valence-corrected chi connectivity index (χ4v) is 1.73. The van der Waals surface area contributed by atoms with Crippen molar-refractivity contribution >= 4 is 17.9 Å². The highest BCUT2D eigenvalue weighted by Crippen LogP contribution is 2.34. The molecule has 0 aromatic carbocycles. The van der Waals surface area contributed by atoms with Gasteiger partial charge in [0.25, 0.3) is 0 Å². The molecule has 6 heteroatoms. The van der Waals surface area contributed by atoms with Crippen LogP contribution in [0, 0.1) is 5.92 Å². The highest BCUT2D eigenvalue weighted by molar-refractivity contribution is 5.93. The number of carboxylic acid groups (broad SMARTS) is 2. The number of carbonyl (C=O) groups is 3. The van der Waals surface area contributed by atoms with Gasteiger partial charge in [0.2, 0.25) is 5.60 Å². The first-order valence-corrected chi connectivity index (χ1v) is 4.87. The lowest BCUT2D eigenvalue weighted by atomic mass is 9.79. The van der Waals surface area contributed by atoms with Gasteiger partial charge in [-0.3, -0.25) is 4.79 Å². The Kier molecular flexibility index (Phi) is 3.36. The van der Waals surface area contributed by atoms with Crippen LogP contribution in [-0.4, -0.2) is 33.7 Å². The Morgan fingerprint density at radius 2 is 1.94 bits per heavy atom. The Labute approximate surface area is 97.2 Å². The Balaban J connectivity index is 3.22. The second kappa shape index (κ2) is 4.40. The van der Waals surface area contributed by atoms with Crippen LogP contribution in [0.15, 0.2) is 23.8 Å². The van der Waals surface area contributed by atoms with Crippen LogP contribution in [0.5, 0.6) is 0 Å². The summed E-state index contributed by atoms with van der Waals surface area (Å²) in [5.74, 6) is -4.38. The fourth-order valence-electron chi connectivity index (χ4n) is 1.73. The molecule has 1 aliphatic rings. The molecule has 0 saturated heterocycles. The van der Waals surface area contributed by atoms with Crippen LogP contribution >= 0.6 is 0 Å². The monoisotopic (exact) mass is 240 g/mol. The molecular formula is C11H12O6. The van der Waals surface area contributed by atoms with Gasteiger partial charge in [-0.05, 0) is 6.08 Å². The molecule has 0 radical (unpaired) electrons. The van der Waals surface area contributed by atoms with E-state index in [9.17, 15) is 14.4 Å². The van der Waals surface area contributed by atoms with E-state index in [1.807, 2.05) is 0 Å². The summed E-state index contributed by atoms with van der Waals surface area (Å²) in [5, 5.41) is 18.1. The Bertz CT molecular complexity index is 433. The molecule has 0 bridgehead atoms. The number of rotatable bonds is 3. The van der Waals surface area contributed by atoms with Crippen molar-refractivity contribution in [1.29, 1.82) is 0 Å². The van der Waals surface area contributed by atoms with Crippen LogP contribution in [0.2, 0.25) is 0 Å². The van der Waals surface area contributed by atoms with E-state index in [1.54, 1.807) is 0 Å². The Morgan fingerprint density at radius 3 is 2.35 bits per heavy atom. The van der Waals surface area contributed by atoms with Crippen molar-refractivity contribution in [3.63, 3.8) is 0 Å². The molecule has 0 aromatic rings. The van der Waals surface area contributed by atoms with E-state index in [1.165, 1.54) is 25.2 Å². The van der Waals surface area contributed by atoms with Crippen molar-refractivity contribution in [3.8, 4) is 0 Å². The number of allylic oxidation sites excluding steroid dienone is 2. The van der Waals surface area contributed by atoms with E-state index in [0.29, 0.717) is 0 Å². The average Bonchev–Trinajstić information content (AvgIpc) is 2.19. The number of carboxylic acids is 2. The normalized spacial score (nSPS) is 27.2. The average molecular weight is 240 g/mol. The summed E-state index contributed by atoms with van der Waals surface area (Å²) in [6, 6.07) is 0. The summed E-state index contributed by atoms with van der Waals surface area (Å²) < 4.78 is 4.80. The molecule has 0 heterocycles. The second-order valence-electron chi connectivity index (χ2n) is 3.70. The first-order valence-electron chi connectivity index (χ1n) is 4.87. The number of carbonyl (C=O) groups excluding carboxylic acids is 1. The second-order valence-corrected chi connectivity index (χ2v) is 3.70. The first-order chi connectivity index (χ1) is 7.81. The molecule has 0 fully saturated rings. The summed E-state index contributed by atoms with van der Waals surface area (Å²) >= 11 is 0. The van der Waals surface area contributed by atoms with Gasteiger partial charge in [0.15, 0.2) is 0 Å². The maximum Gasteiger partial charge on any atom is 0.352 e. The van der Waals surface area contributed by atoms with E-state index < -0.39 is 29.4 Å². The lowest BCUT2D eigenvalue weighted by molar-refractivity contribution is -0.175. The lowest BCUT2D eigenvalue weighted by Crippen LogP contribution is -2.49. The van der Waals surface area contributed by atoms with Gasteiger partial charge in [-0.2, -0.15) is 0 Å². The summed E-state index contributed by atoms with van der Waals surface area (Å²) in [6.45, 7) is 2.46. The molecule has 0 aliphatic heterocycles. The number of hydrogen-bond acceptors (Lipinski definition) is 4. The van der Waals surface area contributed by atoms with Crippen LogP contribution in [0.1, 0.15) is 13.8 Å². The van der Waals surface area contributed by atoms with Crippen molar-refractivity contribution in [1.82, 2.24) is 0 Å². The zero-order valence-electron chi connectivity index (χ0n) is 9.34. The highest BCUT2D eigenvalue weighted by atomic mass is 16.6. The molecule has 6 nitrogen and oxygen atoms in total. The van der Waals surface area contributed by atoms with E-state index in [2.05, 4.69) is 0 Å². The maximum atomic E-state index is 11.2. The van der Waals surface area contributed by atoms with Crippen LogP contribution in [0.25, 0.3) is 0 Å². The molecule has 17 heavy (non-hydrogen) atoms. The van der Waals surface area contributed by atoms with Crippen molar-refractivity contribution in [2.75, 3.05) is 0 Å². The predicted molar refractivity (Wildman–Crippen MR) is 56.2 cm³/mol. The molecule has 2 atom stereocenters. The van der Waals surface area contributed by atoms with Crippen LogP contribution in [-0.2, 0) is 19.1 Å². The maximum absolute atomic E-state index is 11.2. The third kappa shape index (κ3) is 2.20. The van der Waals surface area contributed by atoms with Gasteiger partial charge in [0.1, 0.15) is 0 Å². The highest BCUT2D eigenvalue weighted by Gasteiger charge is 2.49. The van der Waals surface area contributed by atoms with Gasteiger partial charge in [-0.15, -0.1) is 0 Å². The molecule has 92 valence electrons. The minimum absolute atomic E-state index is 0.115. The van der Waals surface area contributed by atoms with E-state index in [-0.39, 0.29) is 5.57 Å². The first kappa shape index (κ1) is 13.0. The molecule has 2 N–H and O–H groups in total. The van der Waals surface area contributed by atoms with Crippen LogP contribution in [0.4, 0.5) is 0 Å². The predicted octanol–water partition coefficient (Wildman–Crippen LogP) is 0.590. The van der Waals surface area contributed by atoms with Gasteiger partial charge in [0, 0.05) is 18.4 Å². The van der Waals surface area contributed by atoms with Gasteiger partial charge in [-0.1, -0.05) is 19.1 Å². The molecule has 1 rings (SSSR count). The third-order valence-corrected chi connectivity index (χ3v) is 2.62. The van der Waals surface area contributed by atoms with Crippen molar-refractivity contribution in [2.24, 2.45) is 5.92 Å². The Hall–Kier alpha value is -2.11. The minimum Gasteiger partial charge on any atom is -0.478 e. The molecular weight excluding hydrogens is 228 g/mol. The van der Waals surface area contributed by atoms with Gasteiger partial charge < -0.3 is 14.9 Å². The van der Waals surface area contributed by atoms with Gasteiger partial charge in [0.05, 0.1) is 0 Å². The summed E-state index contributed by atoms with van der Waals surface area (Å²) in [7, 11) is 0. The third-order valence-electron chi connectivity index (χ3n) is 2.62. The quantitative estimate of drug-likeness (QED) is 0.700. The van der Waals surface area contributed by atoms with Gasteiger partial charge in [-0.25, -0.2) is 9.59 Å². The molecule has 1 aliphatic carbocycles. The van der Waals surface area contributed by atoms with E-state index >= 15 is 0 Å². The standard InChI is InChI=1S/C11H12O6/c1-6-8(9(13)14)4-3-5-11(6,10(15)16)17-7(2)12/h3-6H,1-2H3,(H,13,14)(H,15,16)/t6?,11-/m0/s1. The minimum atomic E-state index is -1.95. The van der Waals surface area contributed by atoms with E-state index in [4.69, 9.17) is 14.9 Å². The van der Waals surface area contributed by atoms with Crippen molar-refractivity contribution in [3.05, 3.63) is 23.8 Å². The summed E-state index contributed by atoms with van der Waals surface area (Å²) in [4.78, 5) is 33.1. The number of esters is 1. The summed E-state index contributed by atoms with van der Waals surface area (Å²) in [5.41, 5.74) is -2.06. The zero-order chi connectivity index (χ0) is 13.2. The van der Waals surface area contributed by atoms with Crippen molar-refractivity contribution < 1.29 is 29.3 Å². The molecule has 0 spiro atoms. The Morgan fingerprint density at radius 1 is 1.35 bits per heavy atom. The molecule has 0 saturated carbocycles. The summed E-state index contributed by atoms with van der Waals surface area (Å²) in [6.07, 6.45) is 3.73. The molecule has 0 aromatic heterocycles. The smallest absolute Gasteiger partial charge is 0.352 e. The molecule has 0 amide bonds. The lowest BCUT2D eigenvalue weighted by Gasteiger charge is -2.33. The zero-order valence-corrected chi connectivity index (χ0v) is 9.34. The van der Waals surface area contributed by atoms with Crippen LogP contribution in [0.3, 0.4) is 0 Å². The molecule has 1 unspecified atom stereocenters. The largest absolute Gasteiger partial charge is 0.478 e. The van der Waals surface area contributed by atoms with Crippen molar-refractivity contribution in [2.45, 2.75) is 19.4 Å². The number of ether oxygens (including phenoxy) is 1. The van der Waals surface area contributed by atoms with Crippen LogP contribution < -0.4 is 0 Å². The topological polar surface area (TPSA) is 101 Å². The van der Waals surface area contributed by atoms with E-state index in [0.717, 1.165) is 6.92 Å². The number of aliphatic carboxylic acids is 2. The number of hydrogen-bond donors (Lipinski definition) is 2. The fraction of sp³-hybridized carbons (Fsp3) is 0.364. The SMILES string of the molecule is CC(=O)O[C@@]1(C(=O)O)C=CC=C(C(=O)O)C1C. The van der Waals surface area contributed by atoms with Gasteiger partial charge >= 0.3 is 17.9 Å².